The number of rotatable bonds is 6. The van der Waals surface area contributed by atoms with E-state index >= 15 is 0 Å². The van der Waals surface area contributed by atoms with Crippen molar-refractivity contribution in [1.29, 1.82) is 0 Å². The molecule has 0 aliphatic heterocycles. The third kappa shape index (κ3) is 8.90. The summed E-state index contributed by atoms with van der Waals surface area (Å²) in [6.07, 6.45) is -2.76. The minimum absolute atomic E-state index is 0. The average Bonchev–Trinajstić information content (AvgIpc) is 2.51. The molecule has 6 nitrogen and oxygen atoms in total. The van der Waals surface area contributed by atoms with Gasteiger partial charge in [0.15, 0.2) is 5.96 Å². The molecule has 0 bridgehead atoms. The van der Waals surface area contributed by atoms with Crippen molar-refractivity contribution in [2.75, 3.05) is 33.9 Å². The van der Waals surface area contributed by atoms with Crippen molar-refractivity contribution in [3.63, 3.8) is 0 Å². The number of guanidine groups is 1. The van der Waals surface area contributed by atoms with Crippen LogP contribution in [0.2, 0.25) is 0 Å². The van der Waals surface area contributed by atoms with E-state index in [4.69, 9.17) is 4.74 Å². The second-order valence-electron chi connectivity index (χ2n) is 5.51. The van der Waals surface area contributed by atoms with Gasteiger partial charge in [0.05, 0.1) is 19.1 Å². The highest BCUT2D eigenvalue weighted by atomic mass is 127. The number of alkyl halides is 3. The third-order valence-corrected chi connectivity index (χ3v) is 3.75. The Balaban J connectivity index is 0.00000529. The molecule has 0 aromatic rings. The summed E-state index contributed by atoms with van der Waals surface area (Å²) < 4.78 is 43.2. The van der Waals surface area contributed by atoms with Crippen LogP contribution < -0.4 is 16.0 Å². The number of hydrogen-bond acceptors (Lipinski definition) is 3. The molecule has 142 valence electrons. The summed E-state index contributed by atoms with van der Waals surface area (Å²) in [7, 11) is 3.05. The van der Waals surface area contributed by atoms with Gasteiger partial charge in [-0.25, -0.2) is 0 Å². The highest BCUT2D eigenvalue weighted by Gasteiger charge is 2.42. The van der Waals surface area contributed by atoms with Crippen molar-refractivity contribution in [2.45, 2.75) is 37.9 Å². The van der Waals surface area contributed by atoms with Gasteiger partial charge in [-0.1, -0.05) is 6.42 Å². The Kier molecular flexibility index (Phi) is 11.3. The van der Waals surface area contributed by atoms with Crippen LogP contribution >= 0.6 is 24.0 Å². The lowest BCUT2D eigenvalue weighted by Gasteiger charge is -2.31. The first-order valence-electron chi connectivity index (χ1n) is 7.66. The van der Waals surface area contributed by atoms with Gasteiger partial charge >= 0.3 is 6.18 Å². The van der Waals surface area contributed by atoms with E-state index in [1.807, 2.05) is 0 Å². The first-order valence-corrected chi connectivity index (χ1v) is 7.66. The van der Waals surface area contributed by atoms with Crippen LogP contribution in [0.15, 0.2) is 4.99 Å². The second kappa shape index (κ2) is 11.7. The number of halogens is 4. The summed E-state index contributed by atoms with van der Waals surface area (Å²) in [6.45, 7) is 0.817. The van der Waals surface area contributed by atoms with Crippen LogP contribution in [0.5, 0.6) is 0 Å². The summed E-state index contributed by atoms with van der Waals surface area (Å²) in [5.74, 6) is -1.18. The van der Waals surface area contributed by atoms with Crippen LogP contribution in [0.4, 0.5) is 13.2 Å². The van der Waals surface area contributed by atoms with Gasteiger partial charge in [0.1, 0.15) is 0 Å². The van der Waals surface area contributed by atoms with E-state index in [-0.39, 0.29) is 55.3 Å². The third-order valence-electron chi connectivity index (χ3n) is 3.75. The summed E-state index contributed by atoms with van der Waals surface area (Å²) in [5.41, 5.74) is 0. The molecule has 24 heavy (non-hydrogen) atoms. The standard InChI is InChI=1S/C14H25F3N4O2.HI/c1-18-13(20-9-12(22)19-6-7-23-2)21-11-5-3-4-10(8-11)14(15,16)17;/h10-11H,3-9H2,1-2H3,(H,19,22)(H2,18,20,21);1H. The first kappa shape index (κ1) is 23.2. The normalized spacial score (nSPS) is 21.6. The van der Waals surface area contributed by atoms with Crippen LogP contribution in [0.1, 0.15) is 25.7 Å². The van der Waals surface area contributed by atoms with Gasteiger partial charge in [-0.15, -0.1) is 24.0 Å². The molecule has 2 unspecified atom stereocenters. The smallest absolute Gasteiger partial charge is 0.383 e. The minimum atomic E-state index is -4.15. The van der Waals surface area contributed by atoms with E-state index in [1.165, 1.54) is 14.2 Å². The van der Waals surface area contributed by atoms with E-state index in [0.717, 1.165) is 0 Å². The summed E-state index contributed by atoms with van der Waals surface area (Å²) >= 11 is 0. The Bertz CT molecular complexity index is 408. The maximum Gasteiger partial charge on any atom is 0.391 e. The monoisotopic (exact) mass is 466 g/mol. The van der Waals surface area contributed by atoms with E-state index < -0.39 is 12.1 Å². The van der Waals surface area contributed by atoms with Gasteiger partial charge in [-0.05, 0) is 19.3 Å². The van der Waals surface area contributed by atoms with Crippen LogP contribution in [0, 0.1) is 5.92 Å². The fourth-order valence-electron chi connectivity index (χ4n) is 2.53. The van der Waals surface area contributed by atoms with E-state index in [1.54, 1.807) is 0 Å². The van der Waals surface area contributed by atoms with Crippen LogP contribution in [0.3, 0.4) is 0 Å². The maximum absolute atomic E-state index is 12.8. The Labute approximate surface area is 157 Å². The molecule has 3 N–H and O–H groups in total. The molecule has 1 aliphatic carbocycles. The summed E-state index contributed by atoms with van der Waals surface area (Å²) in [4.78, 5) is 15.5. The molecular weight excluding hydrogens is 440 g/mol. The molecule has 1 fully saturated rings. The summed E-state index contributed by atoms with van der Waals surface area (Å²) in [6, 6.07) is -0.293. The predicted molar refractivity (Wildman–Crippen MR) is 96.6 cm³/mol. The van der Waals surface area contributed by atoms with Gasteiger partial charge in [-0.3, -0.25) is 9.79 Å². The number of nitrogens with one attached hydrogen (secondary N) is 3. The SMILES string of the molecule is CN=C(NCC(=O)NCCOC)NC1CCCC(C(F)(F)F)C1.I. The molecule has 1 rings (SSSR count). The number of hydrogen-bond donors (Lipinski definition) is 3. The average molecular weight is 466 g/mol. The topological polar surface area (TPSA) is 74.8 Å². The fourth-order valence-corrected chi connectivity index (χ4v) is 2.53. The first-order chi connectivity index (χ1) is 10.9. The number of amides is 1. The number of ether oxygens (including phenoxy) is 1. The molecule has 10 heteroatoms. The van der Waals surface area contributed by atoms with Crippen molar-refractivity contribution in [2.24, 2.45) is 10.9 Å². The second-order valence-corrected chi connectivity index (χ2v) is 5.51. The van der Waals surface area contributed by atoms with Gasteiger partial charge < -0.3 is 20.7 Å². The summed E-state index contributed by atoms with van der Waals surface area (Å²) in [5, 5.41) is 8.40. The number of carbonyl (C=O) groups excluding carboxylic acids is 1. The lowest BCUT2D eigenvalue weighted by molar-refractivity contribution is -0.183. The van der Waals surface area contributed by atoms with Gasteiger partial charge in [0.2, 0.25) is 5.91 Å². The zero-order valence-electron chi connectivity index (χ0n) is 13.9. The molecule has 0 spiro atoms. The Morgan fingerprint density at radius 2 is 2.00 bits per heavy atom. The Morgan fingerprint density at radius 3 is 2.58 bits per heavy atom. The molecule has 0 aromatic carbocycles. The molecule has 1 aliphatic rings. The van der Waals surface area contributed by atoms with Gasteiger partial charge in [0.25, 0.3) is 0 Å². The van der Waals surface area contributed by atoms with Gasteiger partial charge in [-0.2, -0.15) is 13.2 Å². The number of aliphatic imine (C=N–C) groups is 1. The van der Waals surface area contributed by atoms with Crippen molar-refractivity contribution in [3.05, 3.63) is 0 Å². The molecule has 0 radical (unpaired) electrons. The Hall–Kier alpha value is -0.780. The van der Waals surface area contributed by atoms with E-state index in [2.05, 4.69) is 20.9 Å². The van der Waals surface area contributed by atoms with Gasteiger partial charge in [0, 0.05) is 26.7 Å². The minimum Gasteiger partial charge on any atom is -0.383 e. The molecule has 0 heterocycles. The highest BCUT2D eigenvalue weighted by Crippen LogP contribution is 2.37. The predicted octanol–water partition coefficient (Wildman–Crippen LogP) is 1.65. The van der Waals surface area contributed by atoms with Crippen molar-refractivity contribution >= 4 is 35.8 Å². The molecule has 0 aromatic heterocycles. The largest absolute Gasteiger partial charge is 0.391 e. The molecule has 0 saturated heterocycles. The lowest BCUT2D eigenvalue weighted by Crippen LogP contribution is -2.49. The van der Waals surface area contributed by atoms with Crippen LogP contribution in [-0.2, 0) is 9.53 Å². The van der Waals surface area contributed by atoms with Crippen molar-refractivity contribution in [3.8, 4) is 0 Å². The molecule has 2 atom stereocenters. The molecule has 1 amide bonds. The molecule has 1 saturated carbocycles. The zero-order valence-corrected chi connectivity index (χ0v) is 16.2. The highest BCUT2D eigenvalue weighted by molar-refractivity contribution is 14.0. The maximum atomic E-state index is 12.8. The number of carbonyl (C=O) groups is 1. The number of methoxy groups -OCH3 is 1. The number of nitrogens with zero attached hydrogens (tertiary/aromatic N) is 1. The van der Waals surface area contributed by atoms with E-state index in [0.29, 0.717) is 32.0 Å². The van der Waals surface area contributed by atoms with Crippen LogP contribution in [0.25, 0.3) is 0 Å². The zero-order chi connectivity index (χ0) is 17.3. The van der Waals surface area contributed by atoms with Crippen LogP contribution in [-0.4, -0.2) is 57.9 Å². The quantitative estimate of drug-likeness (QED) is 0.241. The lowest BCUT2D eigenvalue weighted by atomic mass is 9.85. The Morgan fingerprint density at radius 1 is 1.29 bits per heavy atom. The van der Waals surface area contributed by atoms with Crippen molar-refractivity contribution in [1.82, 2.24) is 16.0 Å². The molecular formula is C14H26F3IN4O2. The van der Waals surface area contributed by atoms with Crippen molar-refractivity contribution < 1.29 is 22.7 Å². The van der Waals surface area contributed by atoms with E-state index in [9.17, 15) is 18.0 Å². The fraction of sp³-hybridized carbons (Fsp3) is 0.857.